The van der Waals surface area contributed by atoms with Crippen molar-refractivity contribution in [2.75, 3.05) is 13.7 Å². The van der Waals surface area contributed by atoms with E-state index in [0.717, 1.165) is 18.4 Å². The summed E-state index contributed by atoms with van der Waals surface area (Å²) in [7, 11) is 1.56. The number of amides is 1. The molecule has 1 amide bonds. The molecule has 0 radical (unpaired) electrons. The Morgan fingerprint density at radius 2 is 2.09 bits per heavy atom. The van der Waals surface area contributed by atoms with Gasteiger partial charge in [0.1, 0.15) is 12.4 Å². The molecule has 8 nitrogen and oxygen atoms in total. The fourth-order valence-corrected chi connectivity index (χ4v) is 4.30. The molecule has 1 fully saturated rings. The van der Waals surface area contributed by atoms with Crippen molar-refractivity contribution in [3.05, 3.63) is 82.6 Å². The number of fused-ring (bicyclic) bond motifs is 1. The van der Waals surface area contributed by atoms with Crippen molar-refractivity contribution in [3.63, 3.8) is 0 Å². The summed E-state index contributed by atoms with van der Waals surface area (Å²) in [4.78, 5) is 34.8. The highest BCUT2D eigenvalue weighted by atomic mass is 16.6. The summed E-state index contributed by atoms with van der Waals surface area (Å²) in [5.74, 6) is 1.07. The second-order valence-corrected chi connectivity index (χ2v) is 7.94. The molecule has 5 rings (SSSR count). The molecule has 0 aliphatic carbocycles. The number of H-pyrrole nitrogens is 1. The second kappa shape index (κ2) is 8.82. The first-order valence-corrected chi connectivity index (χ1v) is 10.7. The van der Waals surface area contributed by atoms with Crippen molar-refractivity contribution in [1.82, 2.24) is 14.9 Å². The topological polar surface area (TPSA) is 97.7 Å². The van der Waals surface area contributed by atoms with E-state index in [1.54, 1.807) is 36.4 Å². The Labute approximate surface area is 189 Å². The van der Waals surface area contributed by atoms with Crippen molar-refractivity contribution in [2.45, 2.75) is 25.5 Å². The number of rotatable bonds is 5. The van der Waals surface area contributed by atoms with Gasteiger partial charge in [0.15, 0.2) is 17.6 Å². The minimum Gasteiger partial charge on any atom is -0.496 e. The number of aromatic nitrogens is 2. The van der Waals surface area contributed by atoms with E-state index < -0.39 is 0 Å². The quantitative estimate of drug-likeness (QED) is 0.480. The zero-order chi connectivity index (χ0) is 22.8. The van der Waals surface area contributed by atoms with E-state index in [4.69, 9.17) is 13.9 Å². The number of hydrogen-bond donors (Lipinski definition) is 1. The average Bonchev–Trinajstić information content (AvgIpc) is 3.55. The molecule has 8 heteroatoms. The van der Waals surface area contributed by atoms with E-state index in [9.17, 15) is 9.59 Å². The molecule has 1 aliphatic rings. The minimum atomic E-state index is -0.388. The van der Waals surface area contributed by atoms with E-state index >= 15 is 0 Å². The van der Waals surface area contributed by atoms with Gasteiger partial charge in [-0.05, 0) is 24.5 Å². The molecule has 1 N–H and O–H groups in total. The van der Waals surface area contributed by atoms with Crippen LogP contribution in [0, 0.1) is 0 Å². The maximum absolute atomic E-state index is 13.0. The molecule has 3 heterocycles. The summed E-state index contributed by atoms with van der Waals surface area (Å²) in [6.07, 6.45) is 4.09. The lowest BCUT2D eigenvalue weighted by atomic mass is 10.0. The number of oxazole rings is 1. The Hall–Kier alpha value is -4.07. The van der Waals surface area contributed by atoms with Crippen LogP contribution < -0.4 is 10.2 Å². The molecule has 2 aromatic heterocycles. The van der Waals surface area contributed by atoms with E-state index in [1.807, 2.05) is 30.3 Å². The molecular weight excluding hydrogens is 422 g/mol. The lowest BCUT2D eigenvalue weighted by Crippen LogP contribution is -2.32. The van der Waals surface area contributed by atoms with Crippen LogP contribution in [-0.2, 0) is 11.3 Å². The largest absolute Gasteiger partial charge is 0.496 e. The number of carbonyl (C=O) groups excluding carboxylic acids is 1. The van der Waals surface area contributed by atoms with Gasteiger partial charge in [0, 0.05) is 29.8 Å². The number of carbonyl (C=O) groups is 1. The highest BCUT2D eigenvalue weighted by molar-refractivity contribution is 5.87. The smallest absolute Gasteiger partial charge is 0.410 e. The molecule has 4 aromatic rings. The molecule has 0 spiro atoms. The zero-order valence-electron chi connectivity index (χ0n) is 18.1. The third-order valence-corrected chi connectivity index (χ3v) is 5.92. The number of pyridine rings is 1. The fourth-order valence-electron chi connectivity index (χ4n) is 4.30. The van der Waals surface area contributed by atoms with Crippen molar-refractivity contribution in [1.29, 1.82) is 0 Å². The normalized spacial score (nSPS) is 15.7. The number of nitrogens with one attached hydrogen (secondary N) is 1. The number of nitrogens with zero attached hydrogens (tertiary/aromatic N) is 2. The van der Waals surface area contributed by atoms with Gasteiger partial charge in [0.2, 0.25) is 0 Å². The third-order valence-electron chi connectivity index (χ3n) is 5.92. The summed E-state index contributed by atoms with van der Waals surface area (Å²) in [5.41, 5.74) is 2.73. The van der Waals surface area contributed by atoms with Crippen molar-refractivity contribution in [3.8, 4) is 17.1 Å². The van der Waals surface area contributed by atoms with Crippen LogP contribution in [0.3, 0.4) is 0 Å². The van der Waals surface area contributed by atoms with Crippen molar-refractivity contribution in [2.24, 2.45) is 0 Å². The van der Waals surface area contributed by atoms with Gasteiger partial charge in [-0.2, -0.15) is 0 Å². The number of likely N-dealkylation sites (tertiary alicyclic amines) is 1. The lowest BCUT2D eigenvalue weighted by molar-refractivity contribution is 0.0915. The van der Waals surface area contributed by atoms with Gasteiger partial charge < -0.3 is 18.9 Å². The Balaban J connectivity index is 1.44. The highest BCUT2D eigenvalue weighted by Crippen LogP contribution is 2.35. The molecule has 168 valence electrons. The average molecular weight is 445 g/mol. The Kier molecular flexibility index (Phi) is 5.56. The predicted molar refractivity (Wildman–Crippen MR) is 122 cm³/mol. The van der Waals surface area contributed by atoms with Gasteiger partial charge in [-0.15, -0.1) is 0 Å². The van der Waals surface area contributed by atoms with Gasteiger partial charge in [0.25, 0.3) is 0 Å². The number of aromatic amines is 1. The maximum Gasteiger partial charge on any atom is 0.410 e. The molecule has 1 saturated heterocycles. The molecule has 0 bridgehead atoms. The molecule has 1 unspecified atom stereocenters. The van der Waals surface area contributed by atoms with Gasteiger partial charge in [0.05, 0.1) is 30.4 Å². The van der Waals surface area contributed by atoms with Crippen LogP contribution in [-0.4, -0.2) is 34.6 Å². The van der Waals surface area contributed by atoms with E-state index in [0.29, 0.717) is 40.2 Å². The summed E-state index contributed by atoms with van der Waals surface area (Å²) in [6.45, 7) is 0.783. The molecular formula is C25H23N3O5. The standard InChI is InChI=1S/C25H23N3O5/c1-31-23-12-19-17(10-18(23)24-13-26-15-33-24)22(29)11-20(27-19)21-8-5-9-28(21)25(30)32-14-16-6-3-2-4-7-16/h2-4,6-7,10-13,15,21H,5,8-9,14H2,1H3,(H,27,29). The fraction of sp³-hybridized carbons (Fsp3) is 0.240. The Morgan fingerprint density at radius 1 is 1.24 bits per heavy atom. The summed E-state index contributed by atoms with van der Waals surface area (Å²) in [6, 6.07) is 14.4. The van der Waals surface area contributed by atoms with Crippen LogP contribution in [0.2, 0.25) is 0 Å². The van der Waals surface area contributed by atoms with Crippen LogP contribution in [0.15, 0.2) is 70.3 Å². The molecule has 1 atom stereocenters. The van der Waals surface area contributed by atoms with Gasteiger partial charge >= 0.3 is 6.09 Å². The van der Waals surface area contributed by atoms with E-state index in [2.05, 4.69) is 9.97 Å². The first kappa shape index (κ1) is 20.8. The Morgan fingerprint density at radius 3 is 2.85 bits per heavy atom. The van der Waals surface area contributed by atoms with E-state index in [-0.39, 0.29) is 24.2 Å². The highest BCUT2D eigenvalue weighted by Gasteiger charge is 2.32. The van der Waals surface area contributed by atoms with Gasteiger partial charge in [-0.1, -0.05) is 30.3 Å². The van der Waals surface area contributed by atoms with Gasteiger partial charge in [-0.25, -0.2) is 9.78 Å². The van der Waals surface area contributed by atoms with E-state index in [1.165, 1.54) is 6.39 Å². The summed E-state index contributed by atoms with van der Waals surface area (Å²) < 4.78 is 16.4. The first-order valence-electron chi connectivity index (χ1n) is 10.7. The summed E-state index contributed by atoms with van der Waals surface area (Å²) >= 11 is 0. The SMILES string of the molecule is COc1cc2[nH]c(C3CCCN3C(=O)OCc3ccccc3)cc(=O)c2cc1-c1cnco1. The molecule has 2 aromatic carbocycles. The van der Waals surface area contributed by atoms with Gasteiger partial charge in [-0.3, -0.25) is 9.69 Å². The predicted octanol–water partition coefficient (Wildman–Crippen LogP) is 4.67. The minimum absolute atomic E-state index is 0.147. The van der Waals surface area contributed by atoms with Crippen LogP contribution in [0.25, 0.3) is 22.2 Å². The number of ether oxygens (including phenoxy) is 2. The first-order chi connectivity index (χ1) is 16.1. The number of methoxy groups -OCH3 is 1. The summed E-state index contributed by atoms with van der Waals surface area (Å²) in [5, 5.41) is 0.502. The number of benzene rings is 2. The van der Waals surface area contributed by atoms with Crippen LogP contribution in [0.1, 0.15) is 30.1 Å². The zero-order valence-corrected chi connectivity index (χ0v) is 18.1. The third kappa shape index (κ3) is 4.07. The molecule has 33 heavy (non-hydrogen) atoms. The van der Waals surface area contributed by atoms with Crippen LogP contribution in [0.4, 0.5) is 4.79 Å². The maximum atomic E-state index is 13.0. The van der Waals surface area contributed by atoms with Crippen LogP contribution >= 0.6 is 0 Å². The second-order valence-electron chi connectivity index (χ2n) is 7.94. The lowest BCUT2D eigenvalue weighted by Gasteiger charge is -2.24. The van der Waals surface area contributed by atoms with Crippen LogP contribution in [0.5, 0.6) is 5.75 Å². The number of hydrogen-bond acceptors (Lipinski definition) is 6. The molecule has 0 saturated carbocycles. The monoisotopic (exact) mass is 445 g/mol. The Bertz CT molecular complexity index is 1330. The van der Waals surface area contributed by atoms with Crippen molar-refractivity contribution < 1.29 is 18.7 Å². The molecule has 1 aliphatic heterocycles. The van der Waals surface area contributed by atoms with Crippen molar-refractivity contribution >= 4 is 17.0 Å².